The van der Waals surface area contributed by atoms with Crippen LogP contribution in [0.1, 0.15) is 22.3 Å². The molecule has 0 amide bonds. The monoisotopic (exact) mass is 705 g/mol. The van der Waals surface area contributed by atoms with E-state index in [4.69, 9.17) is 15.0 Å². The fraction of sp³-hybridized carbons (Fsp3) is 0.0200. The number of rotatable bonds is 4. The molecule has 4 heteroatoms. The van der Waals surface area contributed by atoms with Crippen molar-refractivity contribution in [3.05, 3.63) is 210 Å². The van der Waals surface area contributed by atoms with Gasteiger partial charge in [0, 0.05) is 26.5 Å². The minimum absolute atomic E-state index is 0.402. The minimum Gasteiger partial charge on any atom is -0.208 e. The van der Waals surface area contributed by atoms with Crippen LogP contribution in [0.25, 0.3) is 67.2 Å². The van der Waals surface area contributed by atoms with Gasteiger partial charge in [0.25, 0.3) is 0 Å². The number of nitrogens with zero attached hydrogens (tertiary/aromatic N) is 3. The summed E-state index contributed by atoms with van der Waals surface area (Å²) in [5.74, 6) is 1.95. The summed E-state index contributed by atoms with van der Waals surface area (Å²) in [6.45, 7) is 0. The molecule has 0 atom stereocenters. The van der Waals surface area contributed by atoms with Crippen molar-refractivity contribution in [1.29, 1.82) is 0 Å². The van der Waals surface area contributed by atoms with Crippen LogP contribution in [-0.4, -0.2) is 15.0 Å². The predicted octanol–water partition coefficient (Wildman–Crippen LogP) is 12.5. The van der Waals surface area contributed by atoms with Gasteiger partial charge in [-0.25, -0.2) is 15.0 Å². The molecule has 8 aromatic carbocycles. The summed E-state index contributed by atoms with van der Waals surface area (Å²) in [5, 5.41) is 2.38. The first kappa shape index (κ1) is 31.0. The molecular weight excluding hydrogens is 675 g/mol. The van der Waals surface area contributed by atoms with E-state index in [0.717, 1.165) is 27.6 Å². The van der Waals surface area contributed by atoms with Gasteiger partial charge in [0.15, 0.2) is 17.5 Å². The van der Waals surface area contributed by atoms with Gasteiger partial charge in [0.2, 0.25) is 0 Å². The summed E-state index contributed by atoms with van der Waals surface area (Å²) < 4.78 is 0. The summed E-state index contributed by atoms with van der Waals surface area (Å²) in [5.41, 5.74) is 12.7. The number of aromatic nitrogens is 3. The summed E-state index contributed by atoms with van der Waals surface area (Å²) in [6, 6.07) is 67.3. The molecule has 1 aliphatic carbocycles. The molecule has 54 heavy (non-hydrogen) atoms. The second kappa shape index (κ2) is 12.2. The molecule has 11 rings (SSSR count). The van der Waals surface area contributed by atoms with E-state index in [-0.39, 0.29) is 0 Å². The smallest absolute Gasteiger partial charge is 0.164 e. The fourth-order valence-corrected chi connectivity index (χ4v) is 9.80. The van der Waals surface area contributed by atoms with Gasteiger partial charge in [-0.15, -0.1) is 0 Å². The zero-order valence-electron chi connectivity index (χ0n) is 29.1. The van der Waals surface area contributed by atoms with Crippen LogP contribution < -0.4 is 0 Å². The van der Waals surface area contributed by atoms with Gasteiger partial charge in [-0.1, -0.05) is 182 Å². The van der Waals surface area contributed by atoms with Gasteiger partial charge < -0.3 is 0 Å². The average Bonchev–Trinajstić information content (AvgIpc) is 3.55. The molecule has 0 radical (unpaired) electrons. The molecule has 0 N–H and O–H groups in total. The molecule has 0 saturated carbocycles. The SMILES string of the molecule is c1ccc(-c2ccc(-c3nc(-c4ccccc4)nc(-c4ccc5c6c(ccc5c4)C4(c5ccccc5Sc5ccccc54)c4ccccc4-6)n3)cc2)cc1. The highest BCUT2D eigenvalue weighted by Gasteiger charge is 2.50. The van der Waals surface area contributed by atoms with Crippen LogP contribution in [0.3, 0.4) is 0 Å². The molecule has 0 unspecified atom stereocenters. The molecular formula is C50H31N3S. The normalized spacial score (nSPS) is 13.3. The van der Waals surface area contributed by atoms with Gasteiger partial charge in [-0.05, 0) is 73.5 Å². The van der Waals surface area contributed by atoms with Crippen molar-refractivity contribution in [2.75, 3.05) is 0 Å². The molecule has 1 aromatic heterocycles. The van der Waals surface area contributed by atoms with E-state index in [9.17, 15) is 0 Å². The van der Waals surface area contributed by atoms with Crippen molar-refractivity contribution in [2.45, 2.75) is 15.2 Å². The van der Waals surface area contributed by atoms with Crippen molar-refractivity contribution in [1.82, 2.24) is 15.0 Å². The molecule has 2 heterocycles. The van der Waals surface area contributed by atoms with Crippen LogP contribution in [0.15, 0.2) is 198 Å². The van der Waals surface area contributed by atoms with E-state index >= 15 is 0 Å². The standard InChI is InChI=1S/C50H31N3S/c1-3-13-32(14-4-1)33-23-25-35(26-24-33)48-51-47(34-15-5-2-6-16-34)52-49(53-48)37-27-29-38-36(31-37)28-30-43-46(38)39-17-7-8-18-40(39)50(43)41-19-9-11-21-44(41)54-45-22-12-10-20-42(45)50/h1-31H. The van der Waals surface area contributed by atoms with Crippen molar-refractivity contribution in [3.63, 3.8) is 0 Å². The third-order valence-electron chi connectivity index (χ3n) is 11.0. The largest absolute Gasteiger partial charge is 0.208 e. The molecule has 2 aliphatic rings. The lowest BCUT2D eigenvalue weighted by Crippen LogP contribution is -2.31. The van der Waals surface area contributed by atoms with E-state index in [0.29, 0.717) is 17.5 Å². The van der Waals surface area contributed by atoms with Gasteiger partial charge in [0.05, 0.1) is 5.41 Å². The zero-order valence-corrected chi connectivity index (χ0v) is 30.0. The van der Waals surface area contributed by atoms with E-state index in [1.54, 1.807) is 0 Å². The van der Waals surface area contributed by atoms with E-state index in [1.807, 2.05) is 36.0 Å². The molecule has 0 fully saturated rings. The number of hydrogen-bond donors (Lipinski definition) is 0. The highest BCUT2D eigenvalue weighted by molar-refractivity contribution is 7.99. The molecule has 1 spiro atoms. The number of hydrogen-bond acceptors (Lipinski definition) is 4. The van der Waals surface area contributed by atoms with E-state index < -0.39 is 5.41 Å². The van der Waals surface area contributed by atoms with Crippen molar-refractivity contribution in [2.24, 2.45) is 0 Å². The summed E-state index contributed by atoms with van der Waals surface area (Å²) in [4.78, 5) is 17.8. The molecule has 0 bridgehead atoms. The lowest BCUT2D eigenvalue weighted by atomic mass is 9.67. The first-order valence-corrected chi connectivity index (χ1v) is 19.1. The van der Waals surface area contributed by atoms with Crippen LogP contribution in [0.5, 0.6) is 0 Å². The van der Waals surface area contributed by atoms with Crippen molar-refractivity contribution >= 4 is 22.5 Å². The Hall–Kier alpha value is -6.62. The third kappa shape index (κ3) is 4.67. The maximum absolute atomic E-state index is 5.11. The first-order valence-electron chi connectivity index (χ1n) is 18.3. The van der Waals surface area contributed by atoms with Gasteiger partial charge in [-0.2, -0.15) is 0 Å². The Morgan fingerprint density at radius 1 is 0.352 bits per heavy atom. The lowest BCUT2D eigenvalue weighted by Gasteiger charge is -2.39. The fourth-order valence-electron chi connectivity index (χ4n) is 8.61. The van der Waals surface area contributed by atoms with Crippen LogP contribution in [0, 0.1) is 0 Å². The summed E-state index contributed by atoms with van der Waals surface area (Å²) >= 11 is 1.88. The average molecular weight is 706 g/mol. The molecule has 252 valence electrons. The third-order valence-corrected chi connectivity index (χ3v) is 12.2. The van der Waals surface area contributed by atoms with Crippen LogP contribution in [-0.2, 0) is 5.41 Å². The highest BCUT2D eigenvalue weighted by Crippen LogP contribution is 2.63. The predicted molar refractivity (Wildman–Crippen MR) is 221 cm³/mol. The van der Waals surface area contributed by atoms with Crippen molar-refractivity contribution in [3.8, 4) is 56.4 Å². The minimum atomic E-state index is -0.402. The van der Waals surface area contributed by atoms with Crippen molar-refractivity contribution < 1.29 is 0 Å². The highest BCUT2D eigenvalue weighted by atomic mass is 32.2. The van der Waals surface area contributed by atoms with Gasteiger partial charge in [0.1, 0.15) is 0 Å². The quantitative estimate of drug-likeness (QED) is 0.183. The molecule has 0 saturated heterocycles. The Morgan fingerprint density at radius 2 is 0.833 bits per heavy atom. The van der Waals surface area contributed by atoms with Gasteiger partial charge in [-0.3, -0.25) is 0 Å². The van der Waals surface area contributed by atoms with E-state index in [2.05, 4.69) is 164 Å². The van der Waals surface area contributed by atoms with Crippen LogP contribution >= 0.6 is 11.8 Å². The Balaban J connectivity index is 1.09. The maximum Gasteiger partial charge on any atom is 0.164 e. The molecule has 9 aromatic rings. The molecule has 1 aliphatic heterocycles. The lowest BCUT2D eigenvalue weighted by molar-refractivity contribution is 0.723. The van der Waals surface area contributed by atoms with E-state index in [1.165, 1.54) is 54.1 Å². The summed E-state index contributed by atoms with van der Waals surface area (Å²) in [7, 11) is 0. The Kier molecular flexibility index (Phi) is 7.01. The zero-order chi connectivity index (χ0) is 35.6. The number of fused-ring (bicyclic) bond motifs is 11. The topological polar surface area (TPSA) is 38.7 Å². The first-order chi connectivity index (χ1) is 26.8. The molecule has 3 nitrogen and oxygen atoms in total. The van der Waals surface area contributed by atoms with Crippen LogP contribution in [0.4, 0.5) is 0 Å². The second-order valence-corrected chi connectivity index (χ2v) is 15.0. The second-order valence-electron chi connectivity index (χ2n) is 13.9. The summed E-state index contributed by atoms with van der Waals surface area (Å²) in [6.07, 6.45) is 0. The van der Waals surface area contributed by atoms with Gasteiger partial charge >= 0.3 is 0 Å². The Bertz CT molecular complexity index is 2860. The Morgan fingerprint density at radius 3 is 1.50 bits per heavy atom. The number of benzene rings is 8. The van der Waals surface area contributed by atoms with Crippen LogP contribution in [0.2, 0.25) is 0 Å². The maximum atomic E-state index is 5.11. The Labute approximate surface area is 318 Å².